The van der Waals surface area contributed by atoms with Crippen LogP contribution in [0.15, 0.2) is 60.8 Å². The lowest BCUT2D eigenvalue weighted by atomic mass is 10.0. The molecule has 0 aromatic rings. The van der Waals surface area contributed by atoms with Gasteiger partial charge in [-0.05, 0) is 77.0 Å². The normalized spacial score (nSPS) is 13.0. The van der Waals surface area contributed by atoms with E-state index in [9.17, 15) is 19.5 Å². The summed E-state index contributed by atoms with van der Waals surface area (Å²) in [6.07, 6.45) is 79.0. The highest BCUT2D eigenvalue weighted by atomic mass is 16.7. The van der Waals surface area contributed by atoms with E-state index in [1.807, 2.05) is 21.1 Å². The van der Waals surface area contributed by atoms with Crippen LogP contribution in [-0.4, -0.2) is 87.4 Å². The monoisotopic (exact) mass is 1140 g/mol. The first-order valence-corrected chi connectivity index (χ1v) is 34.5. The Kier molecular flexibility index (Phi) is 60.7. The van der Waals surface area contributed by atoms with Crippen molar-refractivity contribution in [2.75, 3.05) is 47.5 Å². The number of carboxylic acid groups (broad SMARTS) is 1. The minimum Gasteiger partial charge on any atom is -0.477 e. The summed E-state index contributed by atoms with van der Waals surface area (Å²) in [5, 5.41) is 9.74. The summed E-state index contributed by atoms with van der Waals surface area (Å²) >= 11 is 0. The number of carbonyl (C=O) groups is 3. The van der Waals surface area contributed by atoms with Gasteiger partial charge in [-0.1, -0.05) is 293 Å². The highest BCUT2D eigenvalue weighted by Gasteiger charge is 2.25. The molecule has 81 heavy (non-hydrogen) atoms. The molecule has 0 aliphatic rings. The summed E-state index contributed by atoms with van der Waals surface area (Å²) in [5.41, 5.74) is 0. The quantitative estimate of drug-likeness (QED) is 0.0211. The van der Waals surface area contributed by atoms with E-state index >= 15 is 0 Å². The third kappa shape index (κ3) is 64.4. The van der Waals surface area contributed by atoms with Gasteiger partial charge in [0.2, 0.25) is 0 Å². The molecule has 0 aliphatic carbocycles. The molecule has 0 amide bonds. The molecular formula is C72H132NO8+. The van der Waals surface area contributed by atoms with Gasteiger partial charge in [-0.15, -0.1) is 0 Å². The van der Waals surface area contributed by atoms with Crippen molar-refractivity contribution >= 4 is 17.9 Å². The molecule has 1 N–H and O–H groups in total. The second-order valence-electron chi connectivity index (χ2n) is 24.5. The summed E-state index contributed by atoms with van der Waals surface area (Å²) in [5.74, 6) is -1.98. The molecular weight excluding hydrogens is 1010 g/mol. The Morgan fingerprint density at radius 1 is 0.383 bits per heavy atom. The Labute approximate surface area is 501 Å². The number of rotatable bonds is 64. The minimum atomic E-state index is -1.51. The second kappa shape index (κ2) is 63.0. The highest BCUT2D eigenvalue weighted by molar-refractivity contribution is 5.71. The number of quaternary nitrogens is 1. The molecule has 0 aromatic carbocycles. The zero-order chi connectivity index (χ0) is 59.1. The smallest absolute Gasteiger partial charge is 0.361 e. The van der Waals surface area contributed by atoms with E-state index < -0.39 is 18.4 Å². The molecule has 0 rings (SSSR count). The average Bonchev–Trinajstić information content (AvgIpc) is 3.44. The minimum absolute atomic E-state index is 0.179. The number of allylic oxidation sites excluding steroid dienone is 10. The van der Waals surface area contributed by atoms with Crippen LogP contribution in [0, 0.1) is 0 Å². The van der Waals surface area contributed by atoms with E-state index in [4.69, 9.17) is 18.9 Å². The van der Waals surface area contributed by atoms with Crippen molar-refractivity contribution in [1.82, 2.24) is 0 Å². The highest BCUT2D eigenvalue weighted by Crippen LogP contribution is 2.18. The number of ether oxygens (including phenoxy) is 4. The fraction of sp³-hybridized carbons (Fsp3) is 0.819. The van der Waals surface area contributed by atoms with E-state index in [1.165, 1.54) is 231 Å². The molecule has 9 heteroatoms. The van der Waals surface area contributed by atoms with Crippen LogP contribution in [0.3, 0.4) is 0 Å². The van der Waals surface area contributed by atoms with E-state index in [0.717, 1.165) is 64.2 Å². The molecule has 9 nitrogen and oxygen atoms in total. The van der Waals surface area contributed by atoms with Crippen LogP contribution in [0.25, 0.3) is 0 Å². The lowest BCUT2D eigenvalue weighted by Crippen LogP contribution is -2.40. The summed E-state index contributed by atoms with van der Waals surface area (Å²) in [6.45, 7) is 4.82. The lowest BCUT2D eigenvalue weighted by molar-refractivity contribution is -0.870. The molecule has 0 bridgehead atoms. The third-order valence-electron chi connectivity index (χ3n) is 15.3. The third-order valence-corrected chi connectivity index (χ3v) is 15.3. The van der Waals surface area contributed by atoms with Gasteiger partial charge in [0.15, 0.2) is 6.10 Å². The van der Waals surface area contributed by atoms with E-state index in [0.29, 0.717) is 17.4 Å². The van der Waals surface area contributed by atoms with Gasteiger partial charge >= 0.3 is 17.9 Å². The maximum absolute atomic E-state index is 12.9. The first-order valence-electron chi connectivity index (χ1n) is 34.5. The number of nitrogens with zero attached hydrogens (tertiary/aromatic N) is 1. The molecule has 0 saturated heterocycles. The molecule has 2 unspecified atom stereocenters. The van der Waals surface area contributed by atoms with Gasteiger partial charge in [-0.25, -0.2) is 4.79 Å². The Bertz CT molecular complexity index is 1510. The zero-order valence-corrected chi connectivity index (χ0v) is 53.9. The van der Waals surface area contributed by atoms with Crippen molar-refractivity contribution in [1.29, 1.82) is 0 Å². The van der Waals surface area contributed by atoms with Crippen LogP contribution < -0.4 is 0 Å². The van der Waals surface area contributed by atoms with Gasteiger partial charge in [0.1, 0.15) is 13.2 Å². The van der Waals surface area contributed by atoms with Gasteiger partial charge in [0.25, 0.3) is 6.29 Å². The Balaban J connectivity index is 4.09. The molecule has 0 heterocycles. The molecule has 0 fully saturated rings. The van der Waals surface area contributed by atoms with Gasteiger partial charge in [0, 0.05) is 12.8 Å². The molecule has 0 spiro atoms. The summed E-state index contributed by atoms with van der Waals surface area (Å²) in [4.78, 5) is 37.6. The maximum atomic E-state index is 12.9. The van der Waals surface area contributed by atoms with Crippen LogP contribution in [0.5, 0.6) is 0 Å². The van der Waals surface area contributed by atoms with E-state index in [-0.39, 0.29) is 38.2 Å². The number of hydrogen-bond acceptors (Lipinski definition) is 7. The molecule has 0 aromatic heterocycles. The number of carbonyl (C=O) groups excluding carboxylic acids is 2. The summed E-state index contributed by atoms with van der Waals surface area (Å²) < 4.78 is 23.0. The number of unbranched alkanes of at least 4 members (excludes halogenated alkanes) is 39. The molecule has 0 saturated carbocycles. The SMILES string of the molecule is CC/C=C\C/C=C\C/C=C\C/C=C\CCCCCCCCCCCCCCCCCCCCC(=O)OC(COC(=O)CCCCCCCCCCCCCCC/C=C\CCCCCCCCCC)COC(OCC[N+](C)(C)C)C(=O)O. The fourth-order valence-electron chi connectivity index (χ4n) is 10.0. The van der Waals surface area contributed by atoms with E-state index in [2.05, 4.69) is 74.6 Å². The first-order chi connectivity index (χ1) is 39.6. The molecule has 472 valence electrons. The van der Waals surface area contributed by atoms with Crippen LogP contribution >= 0.6 is 0 Å². The van der Waals surface area contributed by atoms with Crippen LogP contribution in [0.4, 0.5) is 0 Å². The van der Waals surface area contributed by atoms with Crippen molar-refractivity contribution in [2.45, 2.75) is 334 Å². The van der Waals surface area contributed by atoms with Crippen molar-refractivity contribution in [3.05, 3.63) is 60.8 Å². The fourth-order valence-corrected chi connectivity index (χ4v) is 10.0. The lowest BCUT2D eigenvalue weighted by Gasteiger charge is -2.25. The van der Waals surface area contributed by atoms with Gasteiger partial charge in [-0.2, -0.15) is 0 Å². The topological polar surface area (TPSA) is 108 Å². The maximum Gasteiger partial charge on any atom is 0.361 e. The summed E-state index contributed by atoms with van der Waals surface area (Å²) in [6, 6.07) is 0. The number of likely N-dealkylation sites (N-methyl/N-ethyl adjacent to an activating group) is 1. The predicted molar refractivity (Wildman–Crippen MR) is 346 cm³/mol. The van der Waals surface area contributed by atoms with Crippen molar-refractivity contribution < 1.29 is 42.9 Å². The zero-order valence-electron chi connectivity index (χ0n) is 53.9. The van der Waals surface area contributed by atoms with Gasteiger partial charge in [-0.3, -0.25) is 9.59 Å². The van der Waals surface area contributed by atoms with Crippen molar-refractivity contribution in [2.24, 2.45) is 0 Å². The molecule has 0 radical (unpaired) electrons. The average molecular weight is 1140 g/mol. The number of hydrogen-bond donors (Lipinski definition) is 1. The van der Waals surface area contributed by atoms with Crippen molar-refractivity contribution in [3.8, 4) is 0 Å². The Hall–Kier alpha value is -3.01. The molecule has 0 aliphatic heterocycles. The van der Waals surface area contributed by atoms with Crippen molar-refractivity contribution in [3.63, 3.8) is 0 Å². The largest absolute Gasteiger partial charge is 0.477 e. The Morgan fingerprint density at radius 3 is 1.06 bits per heavy atom. The van der Waals surface area contributed by atoms with Crippen LogP contribution in [0.2, 0.25) is 0 Å². The van der Waals surface area contributed by atoms with E-state index in [1.54, 1.807) is 0 Å². The number of esters is 2. The number of carboxylic acids is 1. The van der Waals surface area contributed by atoms with Gasteiger partial charge < -0.3 is 28.5 Å². The summed E-state index contributed by atoms with van der Waals surface area (Å²) in [7, 11) is 5.99. The molecule has 2 atom stereocenters. The predicted octanol–water partition coefficient (Wildman–Crippen LogP) is 21.1. The van der Waals surface area contributed by atoms with Crippen LogP contribution in [-0.2, 0) is 33.3 Å². The van der Waals surface area contributed by atoms with Gasteiger partial charge in [0.05, 0.1) is 34.4 Å². The first kappa shape index (κ1) is 78.0. The second-order valence-corrected chi connectivity index (χ2v) is 24.5. The Morgan fingerprint density at radius 2 is 0.704 bits per heavy atom. The van der Waals surface area contributed by atoms with Crippen LogP contribution in [0.1, 0.15) is 322 Å². The number of aliphatic carboxylic acids is 1. The standard InChI is InChI=1S/C72H131NO8/c1-6-8-10-12-14-16-18-20-22-24-26-28-30-32-33-34-35-36-37-39-41-43-45-47-49-51-53-55-57-59-61-63-70(75)81-68(67-80-72(71(76)77)78-65-64-73(3,4)5)66-79-69(74)62-60-58-56-54-52-50-48-46-44-42-40-38-31-29-27-25-23-21-19-17-15-13-11-9-7-2/h8,10,14,16,20,22,25-28,68,72H,6-7,9,11-13,15,17-19,21,23-24,29-67H2,1-5H3/p+1/b10-8-,16-14-,22-20-,27-25-,28-26-.